The second kappa shape index (κ2) is 8.37. The van der Waals surface area contributed by atoms with Gasteiger partial charge in [0.05, 0.1) is 30.2 Å². The van der Waals surface area contributed by atoms with Gasteiger partial charge in [0, 0.05) is 12.6 Å². The number of nitrogens with zero attached hydrogens (tertiary/aromatic N) is 3. The van der Waals surface area contributed by atoms with Crippen LogP contribution >= 0.6 is 0 Å². The van der Waals surface area contributed by atoms with Crippen LogP contribution in [0.2, 0.25) is 0 Å². The quantitative estimate of drug-likeness (QED) is 0.598. The molecule has 1 saturated heterocycles. The number of hydrogen-bond acceptors (Lipinski definition) is 5. The highest BCUT2D eigenvalue weighted by Crippen LogP contribution is 2.38. The molecule has 0 N–H and O–H groups in total. The summed E-state index contributed by atoms with van der Waals surface area (Å²) in [6, 6.07) is 21.1. The first-order valence-electron chi connectivity index (χ1n) is 10.5. The Hall–Kier alpha value is -3.23. The molecule has 0 aliphatic carbocycles. The summed E-state index contributed by atoms with van der Waals surface area (Å²) in [6.45, 7) is 0.380. The SMILES string of the molecule is O=C1C2CC(CN2S(=O)(=O)Cc2ccccc2)Oc2ccccc2N1Cc1ccccn1. The number of carbonyl (C=O) groups excluding carboxylic acids is 1. The van der Waals surface area contributed by atoms with Crippen molar-refractivity contribution in [2.45, 2.75) is 30.9 Å². The number of hydrogen-bond donors (Lipinski definition) is 0. The summed E-state index contributed by atoms with van der Waals surface area (Å²) >= 11 is 0. The third kappa shape index (κ3) is 3.99. The Labute approximate surface area is 187 Å². The summed E-state index contributed by atoms with van der Waals surface area (Å²) in [5, 5.41) is 0. The van der Waals surface area contributed by atoms with Crippen molar-refractivity contribution in [1.82, 2.24) is 9.29 Å². The molecule has 2 unspecified atom stereocenters. The standard InChI is InChI=1S/C24H23N3O4S/c28-24-22-14-20(16-27(22)32(29,30)17-18-8-2-1-3-9-18)31-23-12-5-4-11-21(23)26(24)15-19-10-6-7-13-25-19/h1-13,20,22H,14-17H2. The van der Waals surface area contributed by atoms with Crippen LogP contribution in [-0.2, 0) is 27.1 Å². The Balaban J connectivity index is 1.51. The second-order valence-corrected chi connectivity index (χ2v) is 9.94. The van der Waals surface area contributed by atoms with Crippen molar-refractivity contribution in [2.24, 2.45) is 0 Å². The predicted octanol–water partition coefficient (Wildman–Crippen LogP) is 2.98. The van der Waals surface area contributed by atoms with Gasteiger partial charge in [-0.2, -0.15) is 4.31 Å². The average molecular weight is 450 g/mol. The van der Waals surface area contributed by atoms with Gasteiger partial charge >= 0.3 is 0 Å². The van der Waals surface area contributed by atoms with E-state index in [2.05, 4.69) is 4.98 Å². The van der Waals surface area contributed by atoms with E-state index >= 15 is 0 Å². The monoisotopic (exact) mass is 449 g/mol. The number of para-hydroxylation sites is 2. The van der Waals surface area contributed by atoms with Gasteiger partial charge in [0.15, 0.2) is 0 Å². The van der Waals surface area contributed by atoms with Crippen molar-refractivity contribution in [3.05, 3.63) is 90.3 Å². The number of pyridine rings is 1. The molecule has 1 aromatic heterocycles. The molecule has 2 bridgehead atoms. The van der Waals surface area contributed by atoms with Crippen LogP contribution in [-0.4, -0.2) is 42.3 Å². The van der Waals surface area contributed by atoms with E-state index in [0.717, 1.165) is 0 Å². The van der Waals surface area contributed by atoms with Crippen molar-refractivity contribution in [1.29, 1.82) is 0 Å². The average Bonchev–Trinajstić information content (AvgIpc) is 3.24. The van der Waals surface area contributed by atoms with Gasteiger partial charge in [0.2, 0.25) is 15.9 Å². The molecule has 2 atom stereocenters. The Morgan fingerprint density at radius 3 is 2.50 bits per heavy atom. The largest absolute Gasteiger partial charge is 0.487 e. The summed E-state index contributed by atoms with van der Waals surface area (Å²) in [5.74, 6) is 0.158. The van der Waals surface area contributed by atoms with Crippen molar-refractivity contribution >= 4 is 21.6 Å². The molecule has 32 heavy (non-hydrogen) atoms. The van der Waals surface area contributed by atoms with Crippen LogP contribution in [0.5, 0.6) is 5.75 Å². The zero-order valence-electron chi connectivity index (χ0n) is 17.4. The topological polar surface area (TPSA) is 79.8 Å². The van der Waals surface area contributed by atoms with Gasteiger partial charge in [0.1, 0.15) is 17.9 Å². The van der Waals surface area contributed by atoms with Crippen molar-refractivity contribution in [2.75, 3.05) is 11.4 Å². The lowest BCUT2D eigenvalue weighted by Gasteiger charge is -2.31. The minimum absolute atomic E-state index is 0.150. The Kier molecular flexibility index (Phi) is 5.40. The zero-order valence-corrected chi connectivity index (χ0v) is 18.2. The molecule has 2 aliphatic heterocycles. The molecule has 1 amide bonds. The Morgan fingerprint density at radius 2 is 1.72 bits per heavy atom. The first-order chi connectivity index (χ1) is 15.5. The number of aromatic nitrogens is 1. The molecule has 0 spiro atoms. The van der Waals surface area contributed by atoms with E-state index in [1.807, 2.05) is 60.7 Å². The summed E-state index contributed by atoms with van der Waals surface area (Å²) < 4.78 is 34.2. The van der Waals surface area contributed by atoms with Gasteiger partial charge in [-0.3, -0.25) is 9.78 Å². The fourth-order valence-corrected chi connectivity index (χ4v) is 6.07. The number of benzene rings is 2. The number of sulfonamides is 1. The maximum absolute atomic E-state index is 13.8. The van der Waals surface area contributed by atoms with Crippen molar-refractivity contribution < 1.29 is 17.9 Å². The fourth-order valence-electron chi connectivity index (χ4n) is 4.33. The normalized spacial score (nSPS) is 20.9. The molecule has 7 nitrogen and oxygen atoms in total. The van der Waals surface area contributed by atoms with Crippen LogP contribution in [0.25, 0.3) is 0 Å². The van der Waals surface area contributed by atoms with Crippen LogP contribution in [0.15, 0.2) is 79.0 Å². The maximum atomic E-state index is 13.8. The molecule has 0 saturated carbocycles. The van der Waals surface area contributed by atoms with Gasteiger partial charge < -0.3 is 9.64 Å². The van der Waals surface area contributed by atoms with Gasteiger partial charge in [-0.1, -0.05) is 48.5 Å². The Bertz CT molecular complexity index is 1220. The first-order valence-corrected chi connectivity index (χ1v) is 12.1. The molecular weight excluding hydrogens is 426 g/mol. The number of amides is 1. The summed E-state index contributed by atoms with van der Waals surface area (Å²) in [7, 11) is -3.73. The number of ether oxygens (including phenoxy) is 1. The van der Waals surface area contributed by atoms with E-state index in [1.54, 1.807) is 23.2 Å². The summed E-state index contributed by atoms with van der Waals surface area (Å²) in [6.07, 6.45) is 1.61. The molecule has 0 radical (unpaired) electrons. The maximum Gasteiger partial charge on any atom is 0.246 e. The molecule has 2 aromatic carbocycles. The lowest BCUT2D eigenvalue weighted by Crippen LogP contribution is -2.48. The number of rotatable bonds is 5. The van der Waals surface area contributed by atoms with Crippen molar-refractivity contribution in [3.63, 3.8) is 0 Å². The summed E-state index contributed by atoms with van der Waals surface area (Å²) in [5.41, 5.74) is 2.02. The molecule has 1 fully saturated rings. The fraction of sp³-hybridized carbons (Fsp3) is 0.250. The third-order valence-electron chi connectivity index (χ3n) is 5.81. The van der Waals surface area contributed by atoms with Crippen molar-refractivity contribution in [3.8, 4) is 5.75 Å². The molecule has 3 heterocycles. The van der Waals surface area contributed by atoms with Gasteiger partial charge in [-0.15, -0.1) is 0 Å². The minimum atomic E-state index is -3.73. The second-order valence-electron chi connectivity index (χ2n) is 8.02. The number of fused-ring (bicyclic) bond motifs is 3. The van der Waals surface area contributed by atoms with Gasteiger partial charge in [-0.05, 0) is 29.8 Å². The molecule has 8 heteroatoms. The first kappa shape index (κ1) is 20.7. The number of anilines is 1. The molecular formula is C24H23N3O4S. The van der Waals surface area contributed by atoms with E-state index in [4.69, 9.17) is 4.74 Å². The zero-order chi connectivity index (χ0) is 22.1. The predicted molar refractivity (Wildman–Crippen MR) is 120 cm³/mol. The lowest BCUT2D eigenvalue weighted by atomic mass is 10.1. The van der Waals surface area contributed by atoms with E-state index in [9.17, 15) is 13.2 Å². The van der Waals surface area contributed by atoms with E-state index in [0.29, 0.717) is 29.1 Å². The highest BCUT2D eigenvalue weighted by atomic mass is 32.2. The molecule has 5 rings (SSSR count). The highest BCUT2D eigenvalue weighted by molar-refractivity contribution is 7.88. The smallest absolute Gasteiger partial charge is 0.246 e. The van der Waals surface area contributed by atoms with Crippen LogP contribution in [0, 0.1) is 0 Å². The lowest BCUT2D eigenvalue weighted by molar-refractivity contribution is -0.122. The Morgan fingerprint density at radius 1 is 0.969 bits per heavy atom. The molecule has 164 valence electrons. The van der Waals surface area contributed by atoms with Crippen LogP contribution in [0.3, 0.4) is 0 Å². The van der Waals surface area contributed by atoms with E-state index < -0.39 is 16.1 Å². The van der Waals surface area contributed by atoms with E-state index in [-0.39, 0.29) is 30.9 Å². The van der Waals surface area contributed by atoms with Gasteiger partial charge in [0.25, 0.3) is 0 Å². The van der Waals surface area contributed by atoms with Crippen LogP contribution in [0.4, 0.5) is 5.69 Å². The third-order valence-corrected chi connectivity index (χ3v) is 7.63. The van der Waals surface area contributed by atoms with Crippen LogP contribution in [0.1, 0.15) is 17.7 Å². The molecule has 3 aromatic rings. The number of carbonyl (C=O) groups is 1. The highest BCUT2D eigenvalue weighted by Gasteiger charge is 2.47. The molecule has 2 aliphatic rings. The summed E-state index contributed by atoms with van der Waals surface area (Å²) in [4.78, 5) is 19.7. The van der Waals surface area contributed by atoms with E-state index in [1.165, 1.54) is 4.31 Å². The van der Waals surface area contributed by atoms with Gasteiger partial charge in [-0.25, -0.2) is 8.42 Å². The van der Waals surface area contributed by atoms with Crippen LogP contribution < -0.4 is 9.64 Å². The minimum Gasteiger partial charge on any atom is -0.487 e.